The molecule has 0 spiro atoms. The minimum Gasteiger partial charge on any atom is -0.303 e. The minimum atomic E-state index is -0.145. The smallest absolute Gasteiger partial charge is 0.126 e. The zero-order valence-electron chi connectivity index (χ0n) is 12.6. The molecule has 1 N–H and O–H groups in total. The van der Waals surface area contributed by atoms with E-state index in [1.807, 2.05) is 26.0 Å². The van der Waals surface area contributed by atoms with Crippen LogP contribution in [0.3, 0.4) is 0 Å². The van der Waals surface area contributed by atoms with E-state index in [1.165, 1.54) is 4.88 Å². The number of hydrogen-bond acceptors (Lipinski definition) is 3. The molecule has 0 bridgehead atoms. The van der Waals surface area contributed by atoms with Gasteiger partial charge in [-0.1, -0.05) is 12.1 Å². The number of rotatable bonds is 4. The van der Waals surface area contributed by atoms with Crippen LogP contribution < -0.4 is 5.32 Å². The number of halogens is 1. The maximum Gasteiger partial charge on any atom is 0.126 e. The third kappa shape index (κ3) is 3.25. The van der Waals surface area contributed by atoms with Crippen LogP contribution in [-0.2, 0) is 0 Å². The lowest BCUT2D eigenvalue weighted by Gasteiger charge is -2.20. The first kappa shape index (κ1) is 15.1. The van der Waals surface area contributed by atoms with Gasteiger partial charge in [0, 0.05) is 17.0 Å². The molecular formula is C16H21FN2S. The molecule has 0 aliphatic rings. The lowest BCUT2D eigenvalue weighted by atomic mass is 10.0. The Morgan fingerprint density at radius 1 is 1.15 bits per heavy atom. The number of nitrogens with zero attached hydrogens (tertiary/aromatic N) is 1. The fraction of sp³-hybridized carbons (Fsp3) is 0.438. The standard InChI is InChI=1S/C16H21FN2S/c1-9-6-7-14(8-15(9)17)10(2)18-11(3)16-12(4)19-13(5)20-16/h6-8,10-11,18H,1-5H3. The van der Waals surface area contributed by atoms with Crippen LogP contribution in [0.2, 0.25) is 0 Å². The van der Waals surface area contributed by atoms with Crippen molar-refractivity contribution >= 4 is 11.3 Å². The van der Waals surface area contributed by atoms with Crippen LogP contribution in [0.4, 0.5) is 4.39 Å². The van der Waals surface area contributed by atoms with E-state index in [0.717, 1.165) is 16.3 Å². The molecule has 0 saturated carbocycles. The Morgan fingerprint density at radius 2 is 1.85 bits per heavy atom. The van der Waals surface area contributed by atoms with Crippen LogP contribution in [0.15, 0.2) is 18.2 Å². The van der Waals surface area contributed by atoms with Crippen LogP contribution in [0, 0.1) is 26.6 Å². The Morgan fingerprint density at radius 3 is 2.40 bits per heavy atom. The lowest BCUT2D eigenvalue weighted by Crippen LogP contribution is -2.22. The molecule has 1 aromatic carbocycles. The van der Waals surface area contributed by atoms with Crippen molar-refractivity contribution in [3.8, 4) is 0 Å². The fourth-order valence-electron chi connectivity index (χ4n) is 2.37. The van der Waals surface area contributed by atoms with Gasteiger partial charge in [0.05, 0.1) is 10.7 Å². The van der Waals surface area contributed by atoms with Crippen molar-refractivity contribution in [3.63, 3.8) is 0 Å². The SMILES string of the molecule is Cc1nc(C)c(C(C)NC(C)c2ccc(C)c(F)c2)s1. The monoisotopic (exact) mass is 292 g/mol. The first-order valence-electron chi connectivity index (χ1n) is 6.84. The van der Waals surface area contributed by atoms with Gasteiger partial charge in [-0.3, -0.25) is 0 Å². The van der Waals surface area contributed by atoms with Gasteiger partial charge in [-0.2, -0.15) is 0 Å². The molecule has 0 radical (unpaired) electrons. The highest BCUT2D eigenvalue weighted by molar-refractivity contribution is 7.11. The Labute approximate surface area is 124 Å². The molecule has 2 atom stereocenters. The topological polar surface area (TPSA) is 24.9 Å². The summed E-state index contributed by atoms with van der Waals surface area (Å²) < 4.78 is 13.6. The molecule has 0 aliphatic heterocycles. The summed E-state index contributed by atoms with van der Waals surface area (Å²) in [7, 11) is 0. The highest BCUT2D eigenvalue weighted by Crippen LogP contribution is 2.27. The zero-order chi connectivity index (χ0) is 14.9. The molecule has 0 fully saturated rings. The van der Waals surface area contributed by atoms with Gasteiger partial charge in [0.25, 0.3) is 0 Å². The predicted molar refractivity (Wildman–Crippen MR) is 82.7 cm³/mol. The molecule has 0 amide bonds. The number of thiazole rings is 1. The second-order valence-corrected chi connectivity index (χ2v) is 6.54. The van der Waals surface area contributed by atoms with Gasteiger partial charge in [0.2, 0.25) is 0 Å². The summed E-state index contributed by atoms with van der Waals surface area (Å²) in [4.78, 5) is 5.71. The van der Waals surface area contributed by atoms with E-state index in [9.17, 15) is 4.39 Å². The second-order valence-electron chi connectivity index (χ2n) is 5.30. The maximum absolute atomic E-state index is 13.6. The minimum absolute atomic E-state index is 0.0990. The summed E-state index contributed by atoms with van der Waals surface area (Å²) in [6.07, 6.45) is 0. The molecule has 1 heterocycles. The van der Waals surface area contributed by atoms with E-state index in [-0.39, 0.29) is 17.9 Å². The number of aryl methyl sites for hydroxylation is 3. The molecule has 20 heavy (non-hydrogen) atoms. The van der Waals surface area contributed by atoms with E-state index >= 15 is 0 Å². The average molecular weight is 292 g/mol. The summed E-state index contributed by atoms with van der Waals surface area (Å²) in [6, 6.07) is 5.73. The van der Waals surface area contributed by atoms with Crippen LogP contribution in [-0.4, -0.2) is 4.98 Å². The lowest BCUT2D eigenvalue weighted by molar-refractivity contribution is 0.495. The highest BCUT2D eigenvalue weighted by atomic mass is 32.1. The Bertz CT molecular complexity index is 607. The van der Waals surface area contributed by atoms with E-state index in [4.69, 9.17) is 0 Å². The van der Waals surface area contributed by atoms with Gasteiger partial charge in [-0.15, -0.1) is 11.3 Å². The van der Waals surface area contributed by atoms with Gasteiger partial charge in [-0.05, 0) is 51.8 Å². The van der Waals surface area contributed by atoms with Gasteiger partial charge < -0.3 is 5.32 Å². The van der Waals surface area contributed by atoms with Crippen LogP contribution in [0.5, 0.6) is 0 Å². The fourth-order valence-corrected chi connectivity index (χ4v) is 3.31. The molecule has 2 rings (SSSR count). The summed E-state index contributed by atoms with van der Waals surface area (Å²) in [5.74, 6) is -0.145. The van der Waals surface area contributed by atoms with Crippen LogP contribution in [0.1, 0.15) is 52.6 Å². The third-order valence-corrected chi connectivity index (χ3v) is 4.78. The van der Waals surface area contributed by atoms with Crippen molar-refractivity contribution in [1.82, 2.24) is 10.3 Å². The second kappa shape index (κ2) is 6.02. The summed E-state index contributed by atoms with van der Waals surface area (Å²) >= 11 is 1.72. The normalized spacial score (nSPS) is 14.3. The van der Waals surface area contributed by atoms with E-state index in [2.05, 4.69) is 24.1 Å². The summed E-state index contributed by atoms with van der Waals surface area (Å²) in [6.45, 7) is 10.0. The molecule has 4 heteroatoms. The Hall–Kier alpha value is -1.26. The van der Waals surface area contributed by atoms with Crippen molar-refractivity contribution in [2.75, 3.05) is 0 Å². The molecule has 2 unspecified atom stereocenters. The molecule has 0 aliphatic carbocycles. The maximum atomic E-state index is 13.6. The van der Waals surface area contributed by atoms with E-state index in [1.54, 1.807) is 24.3 Å². The highest BCUT2D eigenvalue weighted by Gasteiger charge is 2.16. The predicted octanol–water partition coefficient (Wildman–Crippen LogP) is 4.62. The number of aromatic nitrogens is 1. The third-order valence-electron chi connectivity index (χ3n) is 3.53. The van der Waals surface area contributed by atoms with Crippen molar-refractivity contribution in [2.24, 2.45) is 0 Å². The van der Waals surface area contributed by atoms with E-state index < -0.39 is 0 Å². The number of benzene rings is 1. The largest absolute Gasteiger partial charge is 0.303 e. The van der Waals surface area contributed by atoms with Gasteiger partial charge in [0.15, 0.2) is 0 Å². The van der Waals surface area contributed by atoms with Crippen molar-refractivity contribution in [1.29, 1.82) is 0 Å². The van der Waals surface area contributed by atoms with Crippen LogP contribution in [0.25, 0.3) is 0 Å². The van der Waals surface area contributed by atoms with Gasteiger partial charge in [0.1, 0.15) is 5.82 Å². The van der Waals surface area contributed by atoms with Crippen molar-refractivity contribution in [2.45, 2.75) is 46.7 Å². The molecule has 2 nitrogen and oxygen atoms in total. The zero-order valence-corrected chi connectivity index (χ0v) is 13.4. The number of hydrogen-bond donors (Lipinski definition) is 1. The van der Waals surface area contributed by atoms with Crippen molar-refractivity contribution < 1.29 is 4.39 Å². The quantitative estimate of drug-likeness (QED) is 0.889. The average Bonchev–Trinajstić information content (AvgIpc) is 2.71. The first-order chi connectivity index (χ1) is 9.38. The molecule has 2 aromatic rings. The summed E-state index contributed by atoms with van der Waals surface area (Å²) in [5.41, 5.74) is 2.73. The van der Waals surface area contributed by atoms with Crippen molar-refractivity contribution in [3.05, 3.63) is 50.7 Å². The molecule has 108 valence electrons. The van der Waals surface area contributed by atoms with Gasteiger partial charge in [-0.25, -0.2) is 9.37 Å². The molecule has 1 aromatic heterocycles. The Kier molecular flexibility index (Phi) is 4.55. The van der Waals surface area contributed by atoms with E-state index in [0.29, 0.717) is 5.56 Å². The van der Waals surface area contributed by atoms with Crippen LogP contribution >= 0.6 is 11.3 Å². The summed E-state index contributed by atoms with van der Waals surface area (Å²) in [5, 5.41) is 4.60. The molecular weight excluding hydrogens is 271 g/mol. The number of nitrogens with one attached hydrogen (secondary N) is 1. The molecule has 0 saturated heterocycles. The first-order valence-corrected chi connectivity index (χ1v) is 7.66. The Balaban J connectivity index is 2.12. The van der Waals surface area contributed by atoms with Gasteiger partial charge >= 0.3 is 0 Å².